The second kappa shape index (κ2) is 5.61. The van der Waals surface area contributed by atoms with E-state index >= 15 is 0 Å². The van der Waals surface area contributed by atoms with E-state index in [1.54, 1.807) is 36.2 Å². The Bertz CT molecular complexity index is 581. The number of halogens is 1. The minimum absolute atomic E-state index is 0.145. The predicted octanol–water partition coefficient (Wildman–Crippen LogP) is 2.80. The highest BCUT2D eigenvalue weighted by Crippen LogP contribution is 2.08. The number of rotatable bonds is 3. The Hall–Kier alpha value is -2.23. The van der Waals surface area contributed by atoms with Crippen molar-refractivity contribution in [3.05, 3.63) is 65.2 Å². The Morgan fingerprint density at radius 3 is 2.53 bits per heavy atom. The number of nitrogens with zero attached hydrogens (tertiary/aromatic N) is 2. The first-order chi connectivity index (χ1) is 9.06. The average Bonchev–Trinajstić information content (AvgIpc) is 2.40. The Labute approximate surface area is 111 Å². The summed E-state index contributed by atoms with van der Waals surface area (Å²) in [6, 6.07) is 11.5. The fourth-order valence-electron chi connectivity index (χ4n) is 1.79. The van der Waals surface area contributed by atoms with Crippen molar-refractivity contribution in [3.8, 4) is 0 Å². The van der Waals surface area contributed by atoms with Crippen LogP contribution in [0.4, 0.5) is 4.39 Å². The van der Waals surface area contributed by atoms with Crippen molar-refractivity contribution in [3.63, 3.8) is 0 Å². The summed E-state index contributed by atoms with van der Waals surface area (Å²) in [4.78, 5) is 17.9. The minimum Gasteiger partial charge on any atom is -0.336 e. The van der Waals surface area contributed by atoms with Gasteiger partial charge in [0.25, 0.3) is 5.91 Å². The molecule has 0 N–H and O–H groups in total. The van der Waals surface area contributed by atoms with Crippen LogP contribution in [0.5, 0.6) is 0 Å². The van der Waals surface area contributed by atoms with E-state index in [1.165, 1.54) is 12.1 Å². The molecular weight excluding hydrogens is 243 g/mol. The van der Waals surface area contributed by atoms with Crippen LogP contribution in [0.25, 0.3) is 0 Å². The monoisotopic (exact) mass is 258 g/mol. The van der Waals surface area contributed by atoms with E-state index in [0.29, 0.717) is 12.2 Å². The van der Waals surface area contributed by atoms with Crippen LogP contribution >= 0.6 is 0 Å². The van der Waals surface area contributed by atoms with Crippen LogP contribution in [-0.4, -0.2) is 22.8 Å². The van der Waals surface area contributed by atoms with Crippen molar-refractivity contribution in [1.82, 2.24) is 9.88 Å². The Kier molecular flexibility index (Phi) is 3.90. The van der Waals surface area contributed by atoms with Gasteiger partial charge in [-0.1, -0.05) is 18.2 Å². The van der Waals surface area contributed by atoms with E-state index in [4.69, 9.17) is 0 Å². The number of aromatic nitrogens is 1. The molecule has 1 heterocycles. The van der Waals surface area contributed by atoms with E-state index < -0.39 is 0 Å². The zero-order valence-corrected chi connectivity index (χ0v) is 10.9. The van der Waals surface area contributed by atoms with Gasteiger partial charge in [-0.25, -0.2) is 9.37 Å². The first kappa shape index (κ1) is 13.2. The number of carbonyl (C=O) groups is 1. The van der Waals surface area contributed by atoms with Gasteiger partial charge in [0.1, 0.15) is 11.5 Å². The molecule has 0 radical (unpaired) electrons. The summed E-state index contributed by atoms with van der Waals surface area (Å²) < 4.78 is 12.8. The molecule has 19 heavy (non-hydrogen) atoms. The summed E-state index contributed by atoms with van der Waals surface area (Å²) in [5.41, 5.74) is 2.11. The number of aryl methyl sites for hydroxylation is 1. The summed E-state index contributed by atoms with van der Waals surface area (Å²) in [5.74, 6) is -0.425. The normalized spacial score (nSPS) is 10.3. The van der Waals surface area contributed by atoms with Crippen molar-refractivity contribution in [2.24, 2.45) is 0 Å². The van der Waals surface area contributed by atoms with Crippen molar-refractivity contribution < 1.29 is 9.18 Å². The van der Waals surface area contributed by atoms with Crippen LogP contribution < -0.4 is 0 Å². The number of hydrogen-bond donors (Lipinski definition) is 0. The third-order valence-corrected chi connectivity index (χ3v) is 2.79. The van der Waals surface area contributed by atoms with Crippen LogP contribution in [-0.2, 0) is 6.54 Å². The van der Waals surface area contributed by atoms with Gasteiger partial charge in [-0.05, 0) is 36.8 Å². The standard InChI is InChI=1S/C15H15FN2O/c1-11-4-3-5-14(17-11)15(19)18(2)10-12-6-8-13(16)9-7-12/h3-9H,10H2,1-2H3. The molecule has 0 unspecified atom stereocenters. The van der Waals surface area contributed by atoms with Gasteiger partial charge in [0, 0.05) is 19.3 Å². The first-order valence-corrected chi connectivity index (χ1v) is 6.00. The molecule has 0 bridgehead atoms. The average molecular weight is 258 g/mol. The SMILES string of the molecule is Cc1cccc(C(=O)N(C)Cc2ccc(F)cc2)n1. The summed E-state index contributed by atoms with van der Waals surface area (Å²) in [6.07, 6.45) is 0. The lowest BCUT2D eigenvalue weighted by Crippen LogP contribution is -2.27. The zero-order valence-electron chi connectivity index (χ0n) is 10.9. The van der Waals surface area contributed by atoms with Gasteiger partial charge in [-0.3, -0.25) is 4.79 Å². The summed E-state index contributed by atoms with van der Waals surface area (Å²) in [5, 5.41) is 0. The number of amides is 1. The van der Waals surface area contributed by atoms with Gasteiger partial charge < -0.3 is 4.90 Å². The summed E-state index contributed by atoms with van der Waals surface area (Å²) in [7, 11) is 1.70. The smallest absolute Gasteiger partial charge is 0.272 e. The maximum absolute atomic E-state index is 12.8. The highest BCUT2D eigenvalue weighted by Gasteiger charge is 2.13. The maximum atomic E-state index is 12.8. The molecule has 3 nitrogen and oxygen atoms in total. The lowest BCUT2D eigenvalue weighted by atomic mass is 10.2. The molecule has 2 aromatic rings. The van der Waals surface area contributed by atoms with E-state index in [-0.39, 0.29) is 11.7 Å². The molecule has 1 amide bonds. The molecule has 0 atom stereocenters. The molecule has 0 aliphatic rings. The van der Waals surface area contributed by atoms with Gasteiger partial charge in [-0.15, -0.1) is 0 Å². The van der Waals surface area contributed by atoms with Gasteiger partial charge >= 0.3 is 0 Å². The van der Waals surface area contributed by atoms with Crippen molar-refractivity contribution in [1.29, 1.82) is 0 Å². The van der Waals surface area contributed by atoms with Crippen molar-refractivity contribution in [2.45, 2.75) is 13.5 Å². The second-order valence-electron chi connectivity index (χ2n) is 4.45. The fraction of sp³-hybridized carbons (Fsp3) is 0.200. The Morgan fingerprint density at radius 1 is 1.21 bits per heavy atom. The molecule has 4 heteroatoms. The van der Waals surface area contributed by atoms with E-state index in [0.717, 1.165) is 11.3 Å². The highest BCUT2D eigenvalue weighted by atomic mass is 19.1. The van der Waals surface area contributed by atoms with Crippen LogP contribution in [0.1, 0.15) is 21.7 Å². The van der Waals surface area contributed by atoms with Crippen LogP contribution in [0, 0.1) is 12.7 Å². The molecule has 0 fully saturated rings. The molecule has 1 aromatic heterocycles. The Balaban J connectivity index is 2.09. The molecule has 0 saturated heterocycles. The quantitative estimate of drug-likeness (QED) is 0.848. The summed E-state index contributed by atoms with van der Waals surface area (Å²) >= 11 is 0. The van der Waals surface area contributed by atoms with Crippen LogP contribution in [0.15, 0.2) is 42.5 Å². The van der Waals surface area contributed by atoms with Crippen molar-refractivity contribution in [2.75, 3.05) is 7.05 Å². The van der Waals surface area contributed by atoms with E-state index in [1.807, 2.05) is 13.0 Å². The summed E-state index contributed by atoms with van der Waals surface area (Å²) in [6.45, 7) is 2.27. The molecule has 0 aliphatic heterocycles. The molecule has 1 aromatic carbocycles. The van der Waals surface area contributed by atoms with Gasteiger partial charge in [0.15, 0.2) is 0 Å². The third-order valence-electron chi connectivity index (χ3n) is 2.79. The van der Waals surface area contributed by atoms with Gasteiger partial charge in [-0.2, -0.15) is 0 Å². The number of hydrogen-bond acceptors (Lipinski definition) is 2. The number of carbonyl (C=O) groups excluding carboxylic acids is 1. The highest BCUT2D eigenvalue weighted by molar-refractivity contribution is 5.92. The van der Waals surface area contributed by atoms with Crippen LogP contribution in [0.2, 0.25) is 0 Å². The predicted molar refractivity (Wildman–Crippen MR) is 71.2 cm³/mol. The molecule has 98 valence electrons. The fourth-order valence-corrected chi connectivity index (χ4v) is 1.79. The minimum atomic E-state index is -0.280. The number of benzene rings is 1. The molecule has 0 spiro atoms. The topological polar surface area (TPSA) is 33.2 Å². The lowest BCUT2D eigenvalue weighted by molar-refractivity contribution is 0.0779. The third kappa shape index (κ3) is 3.37. The lowest BCUT2D eigenvalue weighted by Gasteiger charge is -2.17. The largest absolute Gasteiger partial charge is 0.336 e. The molecule has 0 saturated carbocycles. The van der Waals surface area contributed by atoms with E-state index in [9.17, 15) is 9.18 Å². The second-order valence-corrected chi connectivity index (χ2v) is 4.45. The van der Waals surface area contributed by atoms with Gasteiger partial charge in [0.2, 0.25) is 0 Å². The Morgan fingerprint density at radius 2 is 1.89 bits per heavy atom. The van der Waals surface area contributed by atoms with Crippen molar-refractivity contribution >= 4 is 5.91 Å². The maximum Gasteiger partial charge on any atom is 0.272 e. The van der Waals surface area contributed by atoms with Crippen LogP contribution in [0.3, 0.4) is 0 Å². The molecule has 2 rings (SSSR count). The van der Waals surface area contributed by atoms with E-state index in [2.05, 4.69) is 4.98 Å². The molecular formula is C15H15FN2O. The zero-order chi connectivity index (χ0) is 13.8. The van der Waals surface area contributed by atoms with Gasteiger partial charge in [0.05, 0.1) is 0 Å². The molecule has 0 aliphatic carbocycles. The first-order valence-electron chi connectivity index (χ1n) is 6.00. The number of pyridine rings is 1.